The van der Waals surface area contributed by atoms with Crippen LogP contribution in [0.25, 0.3) is 0 Å². The molecular weight excluding hydrogens is 228 g/mol. The topological polar surface area (TPSA) is 74.7 Å². The van der Waals surface area contributed by atoms with Gasteiger partial charge in [0.25, 0.3) is 0 Å². The number of aromatic nitrogens is 1. The molecule has 1 heterocycles. The van der Waals surface area contributed by atoms with E-state index in [9.17, 15) is 0 Å². The highest BCUT2D eigenvalue weighted by Gasteiger charge is 2.30. The SMILES string of the molecule is CC(C1CC1)N(C)Cc1ccnc(C(N)=NO)c1. The Morgan fingerprint density at radius 1 is 1.67 bits per heavy atom. The zero-order valence-corrected chi connectivity index (χ0v) is 10.9. The van der Waals surface area contributed by atoms with Gasteiger partial charge in [-0.05, 0) is 50.4 Å². The quantitative estimate of drug-likeness (QED) is 0.357. The van der Waals surface area contributed by atoms with Gasteiger partial charge < -0.3 is 10.9 Å². The molecule has 1 atom stereocenters. The fourth-order valence-corrected chi connectivity index (χ4v) is 2.13. The molecule has 5 nitrogen and oxygen atoms in total. The van der Waals surface area contributed by atoms with Crippen molar-refractivity contribution < 1.29 is 5.21 Å². The number of nitrogens with zero attached hydrogens (tertiary/aromatic N) is 3. The maximum atomic E-state index is 8.64. The number of pyridine rings is 1. The lowest BCUT2D eigenvalue weighted by Crippen LogP contribution is -2.30. The predicted octanol–water partition coefficient (Wildman–Crippen LogP) is 1.41. The van der Waals surface area contributed by atoms with Gasteiger partial charge in [0, 0.05) is 18.8 Å². The van der Waals surface area contributed by atoms with Crippen LogP contribution < -0.4 is 5.73 Å². The summed E-state index contributed by atoms with van der Waals surface area (Å²) < 4.78 is 0. The molecule has 3 N–H and O–H groups in total. The van der Waals surface area contributed by atoms with Crippen molar-refractivity contribution >= 4 is 5.84 Å². The largest absolute Gasteiger partial charge is 0.409 e. The van der Waals surface area contributed by atoms with Crippen molar-refractivity contribution in [2.24, 2.45) is 16.8 Å². The van der Waals surface area contributed by atoms with E-state index in [1.165, 1.54) is 12.8 Å². The Morgan fingerprint density at radius 3 is 3.00 bits per heavy atom. The molecule has 1 aliphatic carbocycles. The Morgan fingerprint density at radius 2 is 2.39 bits per heavy atom. The van der Waals surface area contributed by atoms with Crippen LogP contribution in [-0.2, 0) is 6.54 Å². The third-order valence-electron chi connectivity index (χ3n) is 3.63. The number of rotatable bonds is 5. The van der Waals surface area contributed by atoms with E-state index in [0.29, 0.717) is 11.7 Å². The van der Waals surface area contributed by atoms with Gasteiger partial charge in [-0.3, -0.25) is 9.88 Å². The Hall–Kier alpha value is -1.62. The van der Waals surface area contributed by atoms with Crippen LogP contribution >= 0.6 is 0 Å². The first-order valence-corrected chi connectivity index (χ1v) is 6.25. The molecule has 0 spiro atoms. The van der Waals surface area contributed by atoms with Crippen molar-refractivity contribution in [1.82, 2.24) is 9.88 Å². The van der Waals surface area contributed by atoms with Crippen LogP contribution in [0.5, 0.6) is 0 Å². The standard InChI is InChI=1S/C13H20N4O/c1-9(11-3-4-11)17(2)8-10-5-6-15-12(7-10)13(14)16-18/h5-7,9,11,18H,3-4,8H2,1-2H3,(H2,14,16). The van der Waals surface area contributed by atoms with Crippen molar-refractivity contribution in [2.75, 3.05) is 7.05 Å². The average Bonchev–Trinajstić information content (AvgIpc) is 3.21. The summed E-state index contributed by atoms with van der Waals surface area (Å²) in [5.41, 5.74) is 7.18. The first-order valence-electron chi connectivity index (χ1n) is 6.25. The van der Waals surface area contributed by atoms with Crippen LogP contribution in [-0.4, -0.2) is 34.0 Å². The van der Waals surface area contributed by atoms with Crippen molar-refractivity contribution in [3.05, 3.63) is 29.6 Å². The van der Waals surface area contributed by atoms with Crippen LogP contribution in [0.1, 0.15) is 31.0 Å². The van der Waals surface area contributed by atoms with Crippen LogP contribution in [0.2, 0.25) is 0 Å². The molecule has 0 aromatic carbocycles. The molecule has 18 heavy (non-hydrogen) atoms. The van der Waals surface area contributed by atoms with Gasteiger partial charge >= 0.3 is 0 Å². The molecule has 0 radical (unpaired) electrons. The number of hydrogen-bond donors (Lipinski definition) is 2. The van der Waals surface area contributed by atoms with Gasteiger partial charge in [0.1, 0.15) is 5.69 Å². The lowest BCUT2D eigenvalue weighted by molar-refractivity contribution is 0.226. The molecule has 1 saturated carbocycles. The van der Waals surface area contributed by atoms with E-state index >= 15 is 0 Å². The normalized spacial score (nSPS) is 18.1. The van der Waals surface area contributed by atoms with E-state index in [0.717, 1.165) is 18.0 Å². The van der Waals surface area contributed by atoms with E-state index < -0.39 is 0 Å². The predicted molar refractivity (Wildman–Crippen MR) is 70.4 cm³/mol. The van der Waals surface area contributed by atoms with Gasteiger partial charge in [-0.25, -0.2) is 0 Å². The first kappa shape index (κ1) is 12.8. The Kier molecular flexibility index (Phi) is 3.81. The lowest BCUT2D eigenvalue weighted by atomic mass is 10.1. The van der Waals surface area contributed by atoms with Crippen molar-refractivity contribution in [3.63, 3.8) is 0 Å². The van der Waals surface area contributed by atoms with Gasteiger partial charge in [-0.15, -0.1) is 0 Å². The van der Waals surface area contributed by atoms with Gasteiger partial charge in [-0.2, -0.15) is 0 Å². The molecule has 98 valence electrons. The zero-order chi connectivity index (χ0) is 13.1. The molecule has 0 bridgehead atoms. The minimum absolute atomic E-state index is 0.0507. The smallest absolute Gasteiger partial charge is 0.188 e. The highest BCUT2D eigenvalue weighted by Crippen LogP contribution is 2.35. The second-order valence-corrected chi connectivity index (χ2v) is 5.03. The minimum Gasteiger partial charge on any atom is -0.409 e. The summed E-state index contributed by atoms with van der Waals surface area (Å²) in [4.78, 5) is 6.41. The summed E-state index contributed by atoms with van der Waals surface area (Å²) >= 11 is 0. The van der Waals surface area contributed by atoms with E-state index in [2.05, 4.69) is 29.0 Å². The van der Waals surface area contributed by atoms with Crippen LogP contribution in [0, 0.1) is 5.92 Å². The first-order chi connectivity index (χ1) is 8.61. The number of amidine groups is 1. The molecule has 1 fully saturated rings. The van der Waals surface area contributed by atoms with Crippen molar-refractivity contribution in [1.29, 1.82) is 0 Å². The van der Waals surface area contributed by atoms with Crippen molar-refractivity contribution in [3.8, 4) is 0 Å². The molecular formula is C13H20N4O. The summed E-state index contributed by atoms with van der Waals surface area (Å²) in [6, 6.07) is 4.43. The molecule has 0 aliphatic heterocycles. The van der Waals surface area contributed by atoms with E-state index in [-0.39, 0.29) is 5.84 Å². The molecule has 1 unspecified atom stereocenters. The van der Waals surface area contributed by atoms with E-state index in [4.69, 9.17) is 10.9 Å². The molecule has 1 aromatic heterocycles. The average molecular weight is 248 g/mol. The second-order valence-electron chi connectivity index (χ2n) is 5.03. The zero-order valence-electron chi connectivity index (χ0n) is 10.9. The van der Waals surface area contributed by atoms with Crippen LogP contribution in [0.3, 0.4) is 0 Å². The van der Waals surface area contributed by atoms with E-state index in [1.807, 2.05) is 12.1 Å². The molecule has 5 heteroatoms. The Bertz CT molecular complexity index is 442. The van der Waals surface area contributed by atoms with Gasteiger partial charge in [0.05, 0.1) is 0 Å². The Balaban J connectivity index is 2.04. The monoisotopic (exact) mass is 248 g/mol. The molecule has 1 aromatic rings. The third-order valence-corrected chi connectivity index (χ3v) is 3.63. The number of hydrogen-bond acceptors (Lipinski definition) is 4. The van der Waals surface area contributed by atoms with Gasteiger partial charge in [-0.1, -0.05) is 5.16 Å². The maximum Gasteiger partial charge on any atom is 0.188 e. The van der Waals surface area contributed by atoms with Gasteiger partial charge in [0.2, 0.25) is 0 Å². The third kappa shape index (κ3) is 2.98. The maximum absolute atomic E-state index is 8.64. The van der Waals surface area contributed by atoms with Crippen molar-refractivity contribution in [2.45, 2.75) is 32.4 Å². The Labute approximate surface area is 107 Å². The second kappa shape index (κ2) is 5.35. The molecule has 1 aliphatic rings. The summed E-state index contributed by atoms with van der Waals surface area (Å²) in [6.45, 7) is 3.12. The molecule has 0 amide bonds. The molecule has 0 saturated heterocycles. The summed E-state index contributed by atoms with van der Waals surface area (Å²) in [7, 11) is 2.13. The highest BCUT2D eigenvalue weighted by atomic mass is 16.4. The summed E-state index contributed by atoms with van der Waals surface area (Å²) in [5.74, 6) is 0.898. The van der Waals surface area contributed by atoms with Gasteiger partial charge in [0.15, 0.2) is 5.84 Å². The minimum atomic E-state index is 0.0507. The molecule has 2 rings (SSSR count). The lowest BCUT2D eigenvalue weighted by Gasteiger charge is -2.24. The summed E-state index contributed by atoms with van der Waals surface area (Å²) in [5, 5.41) is 11.6. The fourth-order valence-electron chi connectivity index (χ4n) is 2.13. The highest BCUT2D eigenvalue weighted by molar-refractivity contribution is 5.95. The number of oxime groups is 1. The fraction of sp³-hybridized carbons (Fsp3) is 0.538. The summed E-state index contributed by atoms with van der Waals surface area (Å²) in [6.07, 6.45) is 4.38. The van der Waals surface area contributed by atoms with Crippen LogP contribution in [0.15, 0.2) is 23.5 Å². The van der Waals surface area contributed by atoms with Crippen LogP contribution in [0.4, 0.5) is 0 Å². The number of nitrogens with two attached hydrogens (primary N) is 1. The van der Waals surface area contributed by atoms with E-state index in [1.54, 1.807) is 6.20 Å².